The molecule has 0 unspecified atom stereocenters. The molecule has 142 valence electrons. The van der Waals surface area contributed by atoms with E-state index in [1.54, 1.807) is 11.8 Å². The van der Waals surface area contributed by atoms with Gasteiger partial charge in [-0.05, 0) is 56.1 Å². The van der Waals surface area contributed by atoms with E-state index in [9.17, 15) is 0 Å². The Bertz CT molecular complexity index is 669. The summed E-state index contributed by atoms with van der Waals surface area (Å²) >= 11 is 1.80. The number of hydrogen-bond donors (Lipinski definition) is 0. The second-order valence-electron chi connectivity index (χ2n) is 8.70. The van der Waals surface area contributed by atoms with E-state index in [1.807, 2.05) is 6.92 Å². The molecule has 2 bridgehead atoms. The van der Waals surface area contributed by atoms with E-state index in [1.165, 1.54) is 11.3 Å². The Hall–Kier alpha value is -0.590. The fourth-order valence-electron chi connectivity index (χ4n) is 5.64. The molecule has 4 heterocycles. The molecule has 4 saturated heterocycles. The quantitative estimate of drug-likeness (QED) is 0.680. The Morgan fingerprint density at radius 1 is 1.00 bits per heavy atom. The van der Waals surface area contributed by atoms with E-state index in [0.717, 1.165) is 19.3 Å². The first-order valence-corrected chi connectivity index (χ1v) is 10.8. The molecule has 4 nitrogen and oxygen atoms in total. The second-order valence-corrected chi connectivity index (χ2v) is 9.88. The molecule has 1 saturated carbocycles. The summed E-state index contributed by atoms with van der Waals surface area (Å²) in [7, 11) is 0. The molecule has 5 heteroatoms. The van der Waals surface area contributed by atoms with Gasteiger partial charge in [-0.25, -0.2) is 9.78 Å². The average molecular weight is 377 g/mol. The highest BCUT2D eigenvalue weighted by Gasteiger charge is 2.69. The number of benzene rings is 1. The zero-order chi connectivity index (χ0) is 17.9. The van der Waals surface area contributed by atoms with Gasteiger partial charge < -0.3 is 9.47 Å². The van der Waals surface area contributed by atoms with Crippen LogP contribution in [0.4, 0.5) is 0 Å². The van der Waals surface area contributed by atoms with Crippen LogP contribution in [0, 0.1) is 23.7 Å². The molecule has 1 aliphatic carbocycles. The number of thioether (sulfide) groups is 1. The molecule has 0 aromatic heterocycles. The molecule has 1 aromatic rings. The van der Waals surface area contributed by atoms with Crippen LogP contribution in [0.15, 0.2) is 35.2 Å². The summed E-state index contributed by atoms with van der Waals surface area (Å²) in [6.45, 7) is 6.65. The maximum Gasteiger partial charge on any atom is 0.201 e. The van der Waals surface area contributed by atoms with Gasteiger partial charge in [-0.15, -0.1) is 0 Å². The lowest BCUT2D eigenvalue weighted by Crippen LogP contribution is -2.70. The third-order valence-corrected chi connectivity index (χ3v) is 8.41. The lowest BCUT2D eigenvalue weighted by Gasteiger charge is -2.60. The van der Waals surface area contributed by atoms with Gasteiger partial charge in [0.1, 0.15) is 5.44 Å². The molecule has 1 aromatic carbocycles. The Morgan fingerprint density at radius 3 is 2.62 bits per heavy atom. The molecule has 5 fully saturated rings. The van der Waals surface area contributed by atoms with E-state index in [-0.39, 0.29) is 11.7 Å². The van der Waals surface area contributed by atoms with Crippen LogP contribution in [0.1, 0.15) is 46.5 Å². The molecule has 4 aliphatic heterocycles. The summed E-state index contributed by atoms with van der Waals surface area (Å²) in [5.74, 6) is 1.11. The van der Waals surface area contributed by atoms with Crippen LogP contribution < -0.4 is 0 Å². The minimum atomic E-state index is -0.694. The molecule has 5 aliphatic rings. The first-order valence-electron chi connectivity index (χ1n) is 9.94. The van der Waals surface area contributed by atoms with E-state index in [0.29, 0.717) is 23.7 Å². The summed E-state index contributed by atoms with van der Waals surface area (Å²) in [6, 6.07) is 10.5. The fourth-order valence-corrected chi connectivity index (χ4v) is 6.78. The summed E-state index contributed by atoms with van der Waals surface area (Å²) in [4.78, 5) is 13.3. The standard InChI is InChI=1S/C21H28O4S/c1-13-9-10-17-14(2)18(26-15-7-5-4-6-8-15)22-19-21(17)16(13)11-12-20(3,23-19)24-25-21/h4-8,13-14,16-19H,9-12H2,1-3H3/t13-,14-,16+,17+,18+,19-,20-,21-/m1/s1. The van der Waals surface area contributed by atoms with Crippen molar-refractivity contribution in [1.29, 1.82) is 0 Å². The van der Waals surface area contributed by atoms with Gasteiger partial charge >= 0.3 is 0 Å². The third kappa shape index (κ3) is 2.51. The van der Waals surface area contributed by atoms with Gasteiger partial charge in [0, 0.05) is 17.2 Å². The fraction of sp³-hybridized carbons (Fsp3) is 0.714. The predicted octanol–water partition coefficient (Wildman–Crippen LogP) is 4.99. The zero-order valence-electron chi connectivity index (χ0n) is 15.7. The smallest absolute Gasteiger partial charge is 0.201 e. The van der Waals surface area contributed by atoms with E-state index in [2.05, 4.69) is 44.2 Å². The molecular formula is C21H28O4S. The van der Waals surface area contributed by atoms with Gasteiger partial charge in [0.25, 0.3) is 0 Å². The Kier molecular flexibility index (Phi) is 4.18. The van der Waals surface area contributed by atoms with E-state index in [4.69, 9.17) is 19.2 Å². The Labute approximate surface area is 159 Å². The topological polar surface area (TPSA) is 36.9 Å². The van der Waals surface area contributed by atoms with Crippen molar-refractivity contribution in [2.75, 3.05) is 0 Å². The van der Waals surface area contributed by atoms with Gasteiger partial charge in [0.2, 0.25) is 5.79 Å². The van der Waals surface area contributed by atoms with Crippen molar-refractivity contribution in [2.24, 2.45) is 23.7 Å². The molecule has 26 heavy (non-hydrogen) atoms. The maximum atomic E-state index is 6.60. The molecule has 8 atom stereocenters. The van der Waals surface area contributed by atoms with Crippen molar-refractivity contribution >= 4 is 11.8 Å². The minimum Gasteiger partial charge on any atom is -0.335 e. The number of rotatable bonds is 2. The van der Waals surface area contributed by atoms with Crippen LogP contribution in [0.3, 0.4) is 0 Å². The largest absolute Gasteiger partial charge is 0.335 e. The summed E-state index contributed by atoms with van der Waals surface area (Å²) in [5, 5.41) is 0. The van der Waals surface area contributed by atoms with Gasteiger partial charge in [-0.1, -0.05) is 43.8 Å². The van der Waals surface area contributed by atoms with Crippen LogP contribution in [-0.4, -0.2) is 23.1 Å². The van der Waals surface area contributed by atoms with Crippen LogP contribution in [-0.2, 0) is 19.2 Å². The first-order chi connectivity index (χ1) is 12.5. The highest BCUT2D eigenvalue weighted by molar-refractivity contribution is 7.99. The SMILES string of the molecule is C[C@H]1[C@H](Sc2ccccc2)O[C@@H]2O[C@@]3(C)CC[C@H]4[C@H](C)CC[C@@H]1[C@@]24OO3. The maximum absolute atomic E-state index is 6.60. The first kappa shape index (κ1) is 17.5. The molecule has 1 spiro atoms. The van der Waals surface area contributed by atoms with Gasteiger partial charge in [-0.2, -0.15) is 0 Å². The average Bonchev–Trinajstić information content (AvgIpc) is 2.86. The second kappa shape index (κ2) is 6.21. The highest BCUT2D eigenvalue weighted by Crippen LogP contribution is 2.61. The Balaban J connectivity index is 1.50. The lowest BCUT2D eigenvalue weighted by atomic mass is 9.58. The van der Waals surface area contributed by atoms with E-state index < -0.39 is 11.4 Å². The molecule has 0 radical (unpaired) electrons. The molecular weight excluding hydrogens is 348 g/mol. The van der Waals surface area contributed by atoms with Gasteiger partial charge in [-0.3, -0.25) is 0 Å². The van der Waals surface area contributed by atoms with Crippen molar-refractivity contribution < 1.29 is 19.2 Å². The van der Waals surface area contributed by atoms with Crippen LogP contribution in [0.2, 0.25) is 0 Å². The summed E-state index contributed by atoms with van der Waals surface area (Å²) in [5.41, 5.74) is -0.389. The van der Waals surface area contributed by atoms with Gasteiger partial charge in [0.15, 0.2) is 11.9 Å². The lowest BCUT2D eigenvalue weighted by molar-refractivity contribution is -0.568. The zero-order valence-corrected chi connectivity index (χ0v) is 16.5. The number of hydrogen-bond acceptors (Lipinski definition) is 5. The normalized spacial score (nSPS) is 50.1. The number of fused-ring (bicyclic) bond motifs is 2. The predicted molar refractivity (Wildman–Crippen MR) is 99.1 cm³/mol. The van der Waals surface area contributed by atoms with Crippen molar-refractivity contribution in [3.8, 4) is 0 Å². The van der Waals surface area contributed by atoms with Gasteiger partial charge in [0.05, 0.1) is 0 Å². The summed E-state index contributed by atoms with van der Waals surface area (Å²) < 4.78 is 13.0. The number of ether oxygens (including phenoxy) is 2. The third-order valence-electron chi connectivity index (χ3n) is 7.09. The molecule has 0 N–H and O–H groups in total. The van der Waals surface area contributed by atoms with Crippen molar-refractivity contribution in [3.05, 3.63) is 30.3 Å². The monoisotopic (exact) mass is 376 g/mol. The minimum absolute atomic E-state index is 0.0682. The van der Waals surface area contributed by atoms with Crippen LogP contribution >= 0.6 is 11.8 Å². The van der Waals surface area contributed by atoms with E-state index >= 15 is 0 Å². The van der Waals surface area contributed by atoms with Crippen molar-refractivity contribution in [3.63, 3.8) is 0 Å². The summed E-state index contributed by atoms with van der Waals surface area (Å²) in [6.07, 6.45) is 3.99. The molecule has 0 amide bonds. The highest BCUT2D eigenvalue weighted by atomic mass is 32.2. The van der Waals surface area contributed by atoms with Crippen molar-refractivity contribution in [1.82, 2.24) is 0 Å². The van der Waals surface area contributed by atoms with Crippen LogP contribution in [0.25, 0.3) is 0 Å². The van der Waals surface area contributed by atoms with Crippen molar-refractivity contribution in [2.45, 2.75) is 74.5 Å². The Morgan fingerprint density at radius 2 is 1.81 bits per heavy atom. The van der Waals surface area contributed by atoms with Crippen LogP contribution in [0.5, 0.6) is 0 Å². The molecule has 6 rings (SSSR count).